The molecule has 1 heterocycles. The first-order valence-electron chi connectivity index (χ1n) is 5.35. The van der Waals surface area contributed by atoms with Gasteiger partial charge in [0.05, 0.1) is 11.6 Å². The Bertz CT molecular complexity index is 585. The standard InChI is InChI=1S/C13H11N3O2/c1-16(13(17)12-5-6-18-15-12)9-11-4-2-3-10(7-11)8-14/h2-7H,9H2,1H3. The summed E-state index contributed by atoms with van der Waals surface area (Å²) in [6, 6.07) is 10.7. The molecular weight excluding hydrogens is 230 g/mol. The zero-order valence-corrected chi connectivity index (χ0v) is 9.83. The van der Waals surface area contributed by atoms with Crippen LogP contribution in [0.25, 0.3) is 0 Å². The molecule has 1 aromatic heterocycles. The van der Waals surface area contributed by atoms with Crippen LogP contribution in [-0.4, -0.2) is 23.0 Å². The van der Waals surface area contributed by atoms with Crippen molar-refractivity contribution in [2.24, 2.45) is 0 Å². The average Bonchev–Trinajstić information content (AvgIpc) is 2.92. The van der Waals surface area contributed by atoms with Crippen molar-refractivity contribution in [3.05, 3.63) is 53.4 Å². The maximum atomic E-state index is 11.9. The minimum absolute atomic E-state index is 0.217. The van der Waals surface area contributed by atoms with E-state index in [1.54, 1.807) is 25.2 Å². The summed E-state index contributed by atoms with van der Waals surface area (Å²) in [7, 11) is 1.68. The molecule has 1 amide bonds. The maximum absolute atomic E-state index is 11.9. The third kappa shape index (κ3) is 2.55. The molecule has 0 spiro atoms. The number of amides is 1. The molecule has 2 aromatic rings. The van der Waals surface area contributed by atoms with Crippen LogP contribution < -0.4 is 0 Å². The van der Waals surface area contributed by atoms with E-state index in [9.17, 15) is 4.79 Å². The van der Waals surface area contributed by atoms with Gasteiger partial charge in [-0.2, -0.15) is 5.26 Å². The Morgan fingerprint density at radius 1 is 1.50 bits per heavy atom. The summed E-state index contributed by atoms with van der Waals surface area (Å²) in [6.45, 7) is 0.418. The van der Waals surface area contributed by atoms with Crippen LogP contribution in [-0.2, 0) is 6.54 Å². The van der Waals surface area contributed by atoms with Gasteiger partial charge in [-0.15, -0.1) is 0 Å². The van der Waals surface area contributed by atoms with Crippen LogP contribution in [0.3, 0.4) is 0 Å². The third-order valence-electron chi connectivity index (χ3n) is 2.48. The normalized spacial score (nSPS) is 9.78. The molecule has 2 rings (SSSR count). The molecule has 0 aliphatic rings. The molecule has 5 nitrogen and oxygen atoms in total. The van der Waals surface area contributed by atoms with Crippen molar-refractivity contribution in [1.82, 2.24) is 10.1 Å². The van der Waals surface area contributed by atoms with Crippen molar-refractivity contribution >= 4 is 5.91 Å². The second-order valence-electron chi connectivity index (χ2n) is 3.86. The zero-order chi connectivity index (χ0) is 13.0. The lowest BCUT2D eigenvalue weighted by Gasteiger charge is -2.15. The minimum Gasteiger partial charge on any atom is -0.364 e. The second kappa shape index (κ2) is 5.15. The zero-order valence-electron chi connectivity index (χ0n) is 9.83. The van der Waals surface area contributed by atoms with Crippen molar-refractivity contribution in [3.8, 4) is 6.07 Å². The second-order valence-corrected chi connectivity index (χ2v) is 3.86. The maximum Gasteiger partial charge on any atom is 0.276 e. The van der Waals surface area contributed by atoms with Crippen molar-refractivity contribution in [3.63, 3.8) is 0 Å². The van der Waals surface area contributed by atoms with Crippen molar-refractivity contribution in [2.75, 3.05) is 7.05 Å². The van der Waals surface area contributed by atoms with Crippen LogP contribution >= 0.6 is 0 Å². The van der Waals surface area contributed by atoms with Crippen LogP contribution in [0.4, 0.5) is 0 Å². The number of carbonyl (C=O) groups excluding carboxylic acids is 1. The van der Waals surface area contributed by atoms with Crippen molar-refractivity contribution in [1.29, 1.82) is 5.26 Å². The number of nitriles is 1. The van der Waals surface area contributed by atoms with Gasteiger partial charge in [-0.05, 0) is 17.7 Å². The lowest BCUT2D eigenvalue weighted by Crippen LogP contribution is -2.26. The van der Waals surface area contributed by atoms with E-state index in [1.165, 1.54) is 17.2 Å². The van der Waals surface area contributed by atoms with Gasteiger partial charge in [0.1, 0.15) is 6.26 Å². The first kappa shape index (κ1) is 11.9. The molecular formula is C13H11N3O2. The van der Waals surface area contributed by atoms with Crippen LogP contribution in [0.1, 0.15) is 21.6 Å². The Balaban J connectivity index is 2.09. The Labute approximate surface area is 104 Å². The quantitative estimate of drug-likeness (QED) is 0.821. The van der Waals surface area contributed by atoms with Gasteiger partial charge in [0, 0.05) is 19.7 Å². The van der Waals surface area contributed by atoms with Gasteiger partial charge >= 0.3 is 0 Å². The SMILES string of the molecule is CN(Cc1cccc(C#N)c1)C(=O)c1ccon1. The number of benzene rings is 1. The molecule has 0 radical (unpaired) electrons. The molecule has 0 fully saturated rings. The van der Waals surface area contributed by atoms with E-state index >= 15 is 0 Å². The predicted octanol–water partition coefficient (Wildman–Crippen LogP) is 1.82. The van der Waals surface area contributed by atoms with E-state index in [4.69, 9.17) is 5.26 Å². The summed E-state index contributed by atoms with van der Waals surface area (Å²) >= 11 is 0. The molecule has 18 heavy (non-hydrogen) atoms. The molecule has 0 aliphatic heterocycles. The lowest BCUT2D eigenvalue weighted by molar-refractivity contribution is 0.0775. The predicted molar refractivity (Wildman–Crippen MR) is 63.5 cm³/mol. The molecule has 0 bridgehead atoms. The van der Waals surface area contributed by atoms with Gasteiger partial charge in [-0.3, -0.25) is 4.79 Å². The monoisotopic (exact) mass is 241 g/mol. The van der Waals surface area contributed by atoms with Gasteiger partial charge in [0.15, 0.2) is 5.69 Å². The average molecular weight is 241 g/mol. The summed E-state index contributed by atoms with van der Waals surface area (Å²) in [4.78, 5) is 13.4. The van der Waals surface area contributed by atoms with Gasteiger partial charge in [-0.25, -0.2) is 0 Å². The molecule has 0 aliphatic carbocycles. The van der Waals surface area contributed by atoms with E-state index in [0.29, 0.717) is 12.1 Å². The van der Waals surface area contributed by atoms with E-state index in [0.717, 1.165) is 5.56 Å². The molecule has 0 unspecified atom stereocenters. The molecule has 0 N–H and O–H groups in total. The van der Waals surface area contributed by atoms with Crippen LogP contribution in [0.2, 0.25) is 0 Å². The highest BCUT2D eigenvalue weighted by molar-refractivity contribution is 5.91. The van der Waals surface area contributed by atoms with Gasteiger partial charge in [-0.1, -0.05) is 17.3 Å². The van der Waals surface area contributed by atoms with E-state index in [1.807, 2.05) is 6.07 Å². The number of nitrogens with zero attached hydrogens (tertiary/aromatic N) is 3. The molecule has 5 heteroatoms. The molecule has 0 atom stereocenters. The van der Waals surface area contributed by atoms with Crippen LogP contribution in [0, 0.1) is 11.3 Å². The summed E-state index contributed by atoms with van der Waals surface area (Å²) in [5.41, 5.74) is 1.75. The van der Waals surface area contributed by atoms with E-state index in [2.05, 4.69) is 15.7 Å². The number of hydrogen-bond donors (Lipinski definition) is 0. The summed E-state index contributed by atoms with van der Waals surface area (Å²) in [6.07, 6.45) is 1.36. The van der Waals surface area contributed by atoms with Crippen molar-refractivity contribution in [2.45, 2.75) is 6.54 Å². The molecule has 90 valence electrons. The highest BCUT2D eigenvalue weighted by Crippen LogP contribution is 2.09. The van der Waals surface area contributed by atoms with E-state index in [-0.39, 0.29) is 11.6 Å². The van der Waals surface area contributed by atoms with Gasteiger partial charge in [0.25, 0.3) is 5.91 Å². The number of aromatic nitrogens is 1. The Kier molecular flexibility index (Phi) is 3.39. The highest BCUT2D eigenvalue weighted by Gasteiger charge is 2.14. The van der Waals surface area contributed by atoms with Gasteiger partial charge in [0.2, 0.25) is 0 Å². The summed E-state index contributed by atoms with van der Waals surface area (Å²) in [5, 5.41) is 12.4. The Hall–Kier alpha value is -2.61. The number of hydrogen-bond acceptors (Lipinski definition) is 4. The Morgan fingerprint density at radius 3 is 3.00 bits per heavy atom. The first-order valence-corrected chi connectivity index (χ1v) is 5.35. The highest BCUT2D eigenvalue weighted by atomic mass is 16.5. The summed E-state index contributed by atoms with van der Waals surface area (Å²) < 4.78 is 4.63. The fraction of sp³-hybridized carbons (Fsp3) is 0.154. The van der Waals surface area contributed by atoms with Crippen LogP contribution in [0.5, 0.6) is 0 Å². The number of carbonyl (C=O) groups is 1. The molecule has 0 saturated heterocycles. The first-order chi connectivity index (χ1) is 8.70. The van der Waals surface area contributed by atoms with Gasteiger partial charge < -0.3 is 9.42 Å². The minimum atomic E-state index is -0.217. The Morgan fingerprint density at radius 2 is 2.33 bits per heavy atom. The largest absolute Gasteiger partial charge is 0.364 e. The molecule has 1 aromatic carbocycles. The fourth-order valence-corrected chi connectivity index (χ4v) is 1.60. The summed E-state index contributed by atoms with van der Waals surface area (Å²) in [5.74, 6) is -0.217. The van der Waals surface area contributed by atoms with Crippen molar-refractivity contribution < 1.29 is 9.32 Å². The topological polar surface area (TPSA) is 70.1 Å². The third-order valence-corrected chi connectivity index (χ3v) is 2.48. The lowest BCUT2D eigenvalue weighted by atomic mass is 10.1. The molecule has 0 saturated carbocycles. The van der Waals surface area contributed by atoms with E-state index < -0.39 is 0 Å². The number of rotatable bonds is 3. The smallest absolute Gasteiger partial charge is 0.276 e. The van der Waals surface area contributed by atoms with Crippen LogP contribution in [0.15, 0.2) is 41.1 Å². The fourth-order valence-electron chi connectivity index (χ4n) is 1.60.